The lowest BCUT2D eigenvalue weighted by molar-refractivity contribution is -0.145. The van der Waals surface area contributed by atoms with Crippen LogP contribution >= 0.6 is 0 Å². The Hall–Kier alpha value is -1.39. The number of carbonyl (C=O) groups is 1. The van der Waals surface area contributed by atoms with Crippen molar-refractivity contribution in [1.29, 1.82) is 0 Å². The minimum absolute atomic E-state index is 0.0776. The summed E-state index contributed by atoms with van der Waals surface area (Å²) in [6.45, 7) is -0.0776. The van der Waals surface area contributed by atoms with Crippen molar-refractivity contribution < 1.29 is 9.53 Å². The maximum Gasteiger partial charge on any atom is 0.324 e. The standard InChI is InChI=1S/C11H16N2O2/c1-13-10(11(14)15-8-12)7-9-5-3-2-4-6-9/h2-6,10,13H,7-8,12H2,1H3. The fourth-order valence-corrected chi connectivity index (χ4v) is 1.34. The summed E-state index contributed by atoms with van der Waals surface area (Å²) in [5, 5.41) is 2.91. The zero-order chi connectivity index (χ0) is 11.1. The number of ether oxygens (including phenoxy) is 1. The van der Waals surface area contributed by atoms with Crippen molar-refractivity contribution in [2.75, 3.05) is 13.8 Å². The van der Waals surface area contributed by atoms with Crippen LogP contribution in [0.25, 0.3) is 0 Å². The van der Waals surface area contributed by atoms with Gasteiger partial charge in [0.25, 0.3) is 0 Å². The number of likely N-dealkylation sites (N-methyl/N-ethyl adjacent to an activating group) is 1. The van der Waals surface area contributed by atoms with E-state index in [1.165, 1.54) is 0 Å². The molecular weight excluding hydrogens is 192 g/mol. The first kappa shape index (κ1) is 11.7. The summed E-state index contributed by atoms with van der Waals surface area (Å²) >= 11 is 0. The second-order valence-electron chi connectivity index (χ2n) is 3.16. The quantitative estimate of drug-likeness (QED) is 0.539. The summed E-state index contributed by atoms with van der Waals surface area (Å²) in [6.07, 6.45) is 0.607. The van der Waals surface area contributed by atoms with Crippen LogP contribution in [0.2, 0.25) is 0 Å². The predicted octanol–water partition coefficient (Wildman–Crippen LogP) is 0.276. The van der Waals surface area contributed by atoms with Gasteiger partial charge in [-0.2, -0.15) is 0 Å². The van der Waals surface area contributed by atoms with Crippen LogP contribution in [0.5, 0.6) is 0 Å². The summed E-state index contributed by atoms with van der Waals surface area (Å²) in [4.78, 5) is 11.4. The molecule has 1 unspecified atom stereocenters. The van der Waals surface area contributed by atoms with Crippen LogP contribution in [0.3, 0.4) is 0 Å². The summed E-state index contributed by atoms with van der Waals surface area (Å²) in [5.74, 6) is -0.316. The Labute approximate surface area is 89.4 Å². The Bertz CT molecular complexity index is 301. The van der Waals surface area contributed by atoms with Crippen molar-refractivity contribution in [3.05, 3.63) is 35.9 Å². The lowest BCUT2D eigenvalue weighted by Crippen LogP contribution is -2.38. The molecule has 0 aliphatic rings. The molecule has 1 atom stereocenters. The van der Waals surface area contributed by atoms with Gasteiger partial charge >= 0.3 is 5.97 Å². The minimum atomic E-state index is -0.337. The Morgan fingerprint density at radius 3 is 2.67 bits per heavy atom. The van der Waals surface area contributed by atoms with Gasteiger partial charge in [-0.05, 0) is 19.0 Å². The lowest BCUT2D eigenvalue weighted by atomic mass is 10.1. The monoisotopic (exact) mass is 208 g/mol. The van der Waals surface area contributed by atoms with Gasteiger partial charge in [-0.1, -0.05) is 30.3 Å². The zero-order valence-electron chi connectivity index (χ0n) is 8.77. The number of nitrogens with one attached hydrogen (secondary N) is 1. The molecule has 0 fully saturated rings. The molecule has 0 aliphatic carbocycles. The van der Waals surface area contributed by atoms with Crippen LogP contribution in [0, 0.1) is 0 Å². The number of nitrogens with two attached hydrogens (primary N) is 1. The molecule has 0 radical (unpaired) electrons. The molecule has 0 saturated carbocycles. The van der Waals surface area contributed by atoms with Gasteiger partial charge in [-0.15, -0.1) is 0 Å². The Morgan fingerprint density at radius 1 is 1.47 bits per heavy atom. The highest BCUT2D eigenvalue weighted by Gasteiger charge is 2.17. The van der Waals surface area contributed by atoms with Crippen molar-refractivity contribution >= 4 is 5.97 Å². The first-order valence-electron chi connectivity index (χ1n) is 4.86. The average Bonchev–Trinajstić information content (AvgIpc) is 2.27. The Kier molecular flexibility index (Phi) is 4.80. The minimum Gasteiger partial charge on any atom is -0.449 e. The van der Waals surface area contributed by atoms with Crippen LogP contribution in [0.4, 0.5) is 0 Å². The molecule has 82 valence electrons. The largest absolute Gasteiger partial charge is 0.449 e. The Balaban J connectivity index is 2.58. The van der Waals surface area contributed by atoms with E-state index in [1.54, 1.807) is 7.05 Å². The molecule has 4 nitrogen and oxygen atoms in total. The molecule has 0 spiro atoms. The maximum atomic E-state index is 11.4. The van der Waals surface area contributed by atoms with Crippen LogP contribution in [0.15, 0.2) is 30.3 Å². The number of hydrogen-bond donors (Lipinski definition) is 2. The average molecular weight is 208 g/mol. The Morgan fingerprint density at radius 2 is 2.13 bits per heavy atom. The number of carbonyl (C=O) groups excluding carboxylic acids is 1. The number of rotatable bonds is 5. The second kappa shape index (κ2) is 6.16. The van der Waals surface area contributed by atoms with E-state index in [0.717, 1.165) is 5.56 Å². The van der Waals surface area contributed by atoms with Gasteiger partial charge in [-0.3, -0.25) is 10.5 Å². The molecule has 3 N–H and O–H groups in total. The first-order valence-corrected chi connectivity index (χ1v) is 4.86. The van der Waals surface area contributed by atoms with Crippen molar-refractivity contribution in [2.45, 2.75) is 12.5 Å². The van der Waals surface area contributed by atoms with E-state index in [9.17, 15) is 4.79 Å². The van der Waals surface area contributed by atoms with E-state index >= 15 is 0 Å². The van der Waals surface area contributed by atoms with Crippen LogP contribution in [0.1, 0.15) is 5.56 Å². The smallest absolute Gasteiger partial charge is 0.324 e. The fourth-order valence-electron chi connectivity index (χ4n) is 1.34. The lowest BCUT2D eigenvalue weighted by Gasteiger charge is -2.14. The number of esters is 1. The summed E-state index contributed by atoms with van der Waals surface area (Å²) in [6, 6.07) is 9.43. The molecule has 0 aromatic heterocycles. The molecule has 0 aliphatic heterocycles. The van der Waals surface area contributed by atoms with Crippen LogP contribution in [-0.2, 0) is 16.0 Å². The third kappa shape index (κ3) is 3.69. The van der Waals surface area contributed by atoms with E-state index in [-0.39, 0.29) is 18.7 Å². The zero-order valence-corrected chi connectivity index (χ0v) is 8.77. The van der Waals surface area contributed by atoms with E-state index in [2.05, 4.69) is 5.32 Å². The topological polar surface area (TPSA) is 64.3 Å². The molecule has 1 aromatic rings. The highest BCUT2D eigenvalue weighted by Crippen LogP contribution is 2.03. The molecule has 1 aromatic carbocycles. The van der Waals surface area contributed by atoms with Crippen molar-refractivity contribution in [1.82, 2.24) is 5.32 Å². The van der Waals surface area contributed by atoms with Gasteiger partial charge < -0.3 is 10.1 Å². The van der Waals surface area contributed by atoms with Gasteiger partial charge in [-0.25, -0.2) is 0 Å². The molecular formula is C11H16N2O2. The molecule has 0 saturated heterocycles. The first-order chi connectivity index (χ1) is 7.27. The highest BCUT2D eigenvalue weighted by atomic mass is 16.5. The van der Waals surface area contributed by atoms with Gasteiger partial charge in [0.2, 0.25) is 0 Å². The van der Waals surface area contributed by atoms with E-state index in [4.69, 9.17) is 10.5 Å². The summed E-state index contributed by atoms with van der Waals surface area (Å²) in [7, 11) is 1.73. The van der Waals surface area contributed by atoms with Crippen LogP contribution < -0.4 is 11.1 Å². The molecule has 15 heavy (non-hydrogen) atoms. The molecule has 0 bridgehead atoms. The van der Waals surface area contributed by atoms with Gasteiger partial charge in [0.15, 0.2) is 0 Å². The van der Waals surface area contributed by atoms with Gasteiger partial charge in [0, 0.05) is 0 Å². The van der Waals surface area contributed by atoms with Gasteiger partial charge in [0.1, 0.15) is 12.8 Å². The third-order valence-electron chi connectivity index (χ3n) is 2.14. The molecule has 4 heteroatoms. The molecule has 1 rings (SSSR count). The van der Waals surface area contributed by atoms with Crippen molar-refractivity contribution in [2.24, 2.45) is 5.73 Å². The van der Waals surface area contributed by atoms with E-state index < -0.39 is 0 Å². The fraction of sp³-hybridized carbons (Fsp3) is 0.364. The van der Waals surface area contributed by atoms with Gasteiger partial charge in [0.05, 0.1) is 0 Å². The van der Waals surface area contributed by atoms with E-state index in [0.29, 0.717) is 6.42 Å². The van der Waals surface area contributed by atoms with Crippen molar-refractivity contribution in [3.63, 3.8) is 0 Å². The second-order valence-corrected chi connectivity index (χ2v) is 3.16. The van der Waals surface area contributed by atoms with Crippen molar-refractivity contribution in [3.8, 4) is 0 Å². The SMILES string of the molecule is CNC(Cc1ccccc1)C(=O)OCN. The number of hydrogen-bond acceptors (Lipinski definition) is 4. The third-order valence-corrected chi connectivity index (χ3v) is 2.14. The normalized spacial score (nSPS) is 12.1. The van der Waals surface area contributed by atoms with E-state index in [1.807, 2.05) is 30.3 Å². The number of benzene rings is 1. The maximum absolute atomic E-state index is 11.4. The highest BCUT2D eigenvalue weighted by molar-refractivity contribution is 5.76. The molecule has 0 heterocycles. The summed E-state index contributed by atoms with van der Waals surface area (Å²) < 4.78 is 4.74. The summed E-state index contributed by atoms with van der Waals surface area (Å²) in [5.41, 5.74) is 6.23. The van der Waals surface area contributed by atoms with Crippen LogP contribution in [-0.4, -0.2) is 25.8 Å². The predicted molar refractivity (Wildman–Crippen MR) is 58.1 cm³/mol. The molecule has 0 amide bonds.